The molecule has 16 heavy (non-hydrogen) atoms. The number of aryl methyl sites for hydroxylation is 1. The number of unbranched alkanes of at least 4 members (excludes halogenated alkanes) is 1. The third-order valence-electron chi connectivity index (χ3n) is 2.17. The number of nitrogen functional groups attached to an aromatic ring is 1. The molecule has 0 aliphatic heterocycles. The Labute approximate surface area is 102 Å². The van der Waals surface area contributed by atoms with E-state index in [1.54, 1.807) is 5.38 Å². The monoisotopic (exact) mass is 261 g/mol. The Bertz CT molecular complexity index is 403. The highest BCUT2D eigenvalue weighted by Crippen LogP contribution is 2.28. The fourth-order valence-electron chi connectivity index (χ4n) is 1.31. The van der Waals surface area contributed by atoms with Crippen LogP contribution in [0.25, 0.3) is 0 Å². The van der Waals surface area contributed by atoms with E-state index in [0.717, 1.165) is 11.3 Å². The Morgan fingerprint density at radius 1 is 1.44 bits per heavy atom. The van der Waals surface area contributed by atoms with Gasteiger partial charge in [-0.25, -0.2) is 0 Å². The van der Waals surface area contributed by atoms with Gasteiger partial charge in [0.25, 0.3) is 5.24 Å². The van der Waals surface area contributed by atoms with Crippen molar-refractivity contribution in [2.24, 2.45) is 0 Å². The van der Waals surface area contributed by atoms with Gasteiger partial charge in [-0.15, -0.1) is 11.3 Å². The molecule has 0 atom stereocenters. The van der Waals surface area contributed by atoms with Crippen molar-refractivity contribution in [3.63, 3.8) is 0 Å². The highest BCUT2D eigenvalue weighted by atomic mass is 35.5. The number of rotatable bonds is 6. The van der Waals surface area contributed by atoms with Crippen molar-refractivity contribution in [1.29, 1.82) is 0 Å². The maximum atomic E-state index is 10.9. The van der Waals surface area contributed by atoms with E-state index in [0.29, 0.717) is 24.1 Å². The summed E-state index contributed by atoms with van der Waals surface area (Å²) in [5.74, 6) is -0.796. The molecule has 0 fully saturated rings. The van der Waals surface area contributed by atoms with Gasteiger partial charge in [-0.05, 0) is 30.9 Å². The van der Waals surface area contributed by atoms with Gasteiger partial charge in [0.2, 0.25) is 0 Å². The molecular formula is C10H12ClNO3S. The maximum Gasteiger partial charge on any atom is 0.303 e. The Morgan fingerprint density at radius 2 is 2.12 bits per heavy atom. The number of carbonyl (C=O) groups excluding carboxylic acids is 1. The Kier molecular flexibility index (Phi) is 4.76. The number of carboxylic acids is 1. The number of halogens is 1. The molecule has 1 heterocycles. The van der Waals surface area contributed by atoms with Crippen LogP contribution in [0.2, 0.25) is 0 Å². The molecule has 0 aliphatic carbocycles. The summed E-state index contributed by atoms with van der Waals surface area (Å²) < 4.78 is 0. The number of aliphatic carboxylic acids is 1. The Balaban J connectivity index is 2.49. The lowest BCUT2D eigenvalue weighted by Gasteiger charge is -1.99. The average Bonchev–Trinajstić information content (AvgIpc) is 2.54. The predicted molar refractivity (Wildman–Crippen MR) is 64.1 cm³/mol. The van der Waals surface area contributed by atoms with Crippen LogP contribution in [0.3, 0.4) is 0 Å². The highest BCUT2D eigenvalue weighted by Gasteiger charge is 2.13. The SMILES string of the molecule is Nc1c(C(=O)Cl)csc1CCCCC(=O)O. The summed E-state index contributed by atoms with van der Waals surface area (Å²) in [4.78, 5) is 22.1. The van der Waals surface area contributed by atoms with Crippen LogP contribution in [0.1, 0.15) is 34.5 Å². The van der Waals surface area contributed by atoms with Crippen LogP contribution >= 0.6 is 22.9 Å². The van der Waals surface area contributed by atoms with Gasteiger partial charge < -0.3 is 10.8 Å². The van der Waals surface area contributed by atoms with Gasteiger partial charge in [-0.2, -0.15) is 0 Å². The van der Waals surface area contributed by atoms with E-state index < -0.39 is 11.2 Å². The quantitative estimate of drug-likeness (QED) is 0.609. The summed E-state index contributed by atoms with van der Waals surface area (Å²) in [6.45, 7) is 0. The lowest BCUT2D eigenvalue weighted by atomic mass is 10.1. The average molecular weight is 262 g/mol. The van der Waals surface area contributed by atoms with Crippen molar-refractivity contribution >= 4 is 39.8 Å². The Hall–Kier alpha value is -1.07. The number of hydrogen-bond donors (Lipinski definition) is 2. The summed E-state index contributed by atoms with van der Waals surface area (Å²) in [6.07, 6.45) is 2.20. The first-order valence-electron chi connectivity index (χ1n) is 4.80. The normalized spacial score (nSPS) is 10.3. The molecule has 1 aromatic heterocycles. The topological polar surface area (TPSA) is 80.4 Å². The fourth-order valence-corrected chi connectivity index (χ4v) is 2.53. The van der Waals surface area contributed by atoms with Crippen molar-refractivity contribution in [2.45, 2.75) is 25.7 Å². The van der Waals surface area contributed by atoms with Gasteiger partial charge in [0.1, 0.15) is 0 Å². The molecule has 0 amide bonds. The van der Waals surface area contributed by atoms with Crippen molar-refractivity contribution in [3.05, 3.63) is 15.8 Å². The summed E-state index contributed by atoms with van der Waals surface area (Å²) in [6, 6.07) is 0. The van der Waals surface area contributed by atoms with E-state index >= 15 is 0 Å². The molecule has 0 aliphatic rings. The minimum atomic E-state index is -0.796. The molecule has 0 radical (unpaired) electrons. The molecular weight excluding hydrogens is 250 g/mol. The zero-order valence-corrected chi connectivity index (χ0v) is 10.1. The maximum absolute atomic E-state index is 10.9. The smallest absolute Gasteiger partial charge is 0.303 e. The largest absolute Gasteiger partial charge is 0.481 e. The van der Waals surface area contributed by atoms with Crippen LogP contribution < -0.4 is 5.73 Å². The van der Waals surface area contributed by atoms with E-state index in [1.807, 2.05) is 0 Å². The van der Waals surface area contributed by atoms with Crippen molar-refractivity contribution in [3.8, 4) is 0 Å². The number of hydrogen-bond acceptors (Lipinski definition) is 4. The van der Waals surface area contributed by atoms with Crippen molar-refractivity contribution in [2.75, 3.05) is 5.73 Å². The lowest BCUT2D eigenvalue weighted by molar-refractivity contribution is -0.137. The van der Waals surface area contributed by atoms with Gasteiger partial charge in [0.15, 0.2) is 0 Å². The van der Waals surface area contributed by atoms with E-state index in [4.69, 9.17) is 22.4 Å². The molecule has 1 rings (SSSR count). The standard InChI is InChI=1S/C10H12ClNO3S/c11-10(15)6-5-16-7(9(6)12)3-1-2-4-8(13)14/h5H,1-4,12H2,(H,13,14). The second kappa shape index (κ2) is 5.86. The molecule has 0 aromatic carbocycles. The predicted octanol–water partition coefficient (Wildman–Crippen LogP) is 2.51. The van der Waals surface area contributed by atoms with Crippen LogP contribution in [-0.2, 0) is 11.2 Å². The second-order valence-corrected chi connectivity index (χ2v) is 4.67. The van der Waals surface area contributed by atoms with E-state index in [9.17, 15) is 9.59 Å². The molecule has 0 saturated carbocycles. The molecule has 0 spiro atoms. The first-order valence-corrected chi connectivity index (χ1v) is 6.05. The van der Waals surface area contributed by atoms with Crippen LogP contribution in [0.5, 0.6) is 0 Å². The lowest BCUT2D eigenvalue weighted by Crippen LogP contribution is -1.97. The fraction of sp³-hybridized carbons (Fsp3) is 0.400. The Morgan fingerprint density at radius 3 is 2.62 bits per heavy atom. The van der Waals surface area contributed by atoms with Crippen LogP contribution in [0, 0.1) is 0 Å². The van der Waals surface area contributed by atoms with Gasteiger partial charge >= 0.3 is 5.97 Å². The molecule has 0 bridgehead atoms. The zero-order chi connectivity index (χ0) is 12.1. The van der Waals surface area contributed by atoms with Crippen molar-refractivity contribution in [1.82, 2.24) is 0 Å². The minimum absolute atomic E-state index is 0.159. The summed E-state index contributed by atoms with van der Waals surface area (Å²) in [5.41, 5.74) is 6.51. The summed E-state index contributed by atoms with van der Waals surface area (Å²) in [7, 11) is 0. The zero-order valence-electron chi connectivity index (χ0n) is 8.53. The van der Waals surface area contributed by atoms with Crippen molar-refractivity contribution < 1.29 is 14.7 Å². The van der Waals surface area contributed by atoms with Gasteiger partial charge in [0, 0.05) is 16.7 Å². The molecule has 1 aromatic rings. The minimum Gasteiger partial charge on any atom is -0.481 e. The summed E-state index contributed by atoms with van der Waals surface area (Å²) in [5, 5.41) is 9.54. The number of carbonyl (C=O) groups is 2. The molecule has 6 heteroatoms. The second-order valence-electron chi connectivity index (χ2n) is 3.36. The van der Waals surface area contributed by atoms with Gasteiger partial charge in [0.05, 0.1) is 11.3 Å². The molecule has 4 nitrogen and oxygen atoms in total. The van der Waals surface area contributed by atoms with E-state index in [1.165, 1.54) is 11.3 Å². The van der Waals surface area contributed by atoms with Crippen LogP contribution in [0.4, 0.5) is 5.69 Å². The highest BCUT2D eigenvalue weighted by molar-refractivity contribution is 7.11. The van der Waals surface area contributed by atoms with E-state index in [-0.39, 0.29) is 6.42 Å². The number of thiophene rings is 1. The summed E-state index contributed by atoms with van der Waals surface area (Å²) >= 11 is 6.72. The molecule has 0 saturated heterocycles. The van der Waals surface area contributed by atoms with Crippen LogP contribution in [-0.4, -0.2) is 16.3 Å². The molecule has 3 N–H and O–H groups in total. The number of anilines is 1. The van der Waals surface area contributed by atoms with Gasteiger partial charge in [-0.1, -0.05) is 0 Å². The third kappa shape index (κ3) is 3.50. The third-order valence-corrected chi connectivity index (χ3v) is 3.43. The first kappa shape index (κ1) is 13.0. The first-order chi connectivity index (χ1) is 7.52. The molecule has 0 unspecified atom stereocenters. The molecule has 88 valence electrons. The number of nitrogens with two attached hydrogens (primary N) is 1. The number of carboxylic acid groups (broad SMARTS) is 1. The van der Waals surface area contributed by atoms with E-state index in [2.05, 4.69) is 0 Å². The van der Waals surface area contributed by atoms with Gasteiger partial charge in [-0.3, -0.25) is 9.59 Å². The van der Waals surface area contributed by atoms with Crippen LogP contribution in [0.15, 0.2) is 5.38 Å².